The van der Waals surface area contributed by atoms with E-state index in [2.05, 4.69) is 22.1 Å². The molecule has 0 aliphatic rings. The molecule has 0 aliphatic heterocycles. The van der Waals surface area contributed by atoms with Crippen molar-refractivity contribution in [1.29, 1.82) is 0 Å². The van der Waals surface area contributed by atoms with Gasteiger partial charge in [-0.3, -0.25) is 9.78 Å². The van der Waals surface area contributed by atoms with Crippen LogP contribution in [0, 0.1) is 0 Å². The first-order valence-corrected chi connectivity index (χ1v) is 9.47. The van der Waals surface area contributed by atoms with Gasteiger partial charge in [-0.05, 0) is 42.0 Å². The van der Waals surface area contributed by atoms with Crippen molar-refractivity contribution in [3.8, 4) is 17.0 Å². The van der Waals surface area contributed by atoms with E-state index in [1.165, 1.54) is 0 Å². The first-order valence-electron chi connectivity index (χ1n) is 9.47. The molecule has 0 fully saturated rings. The van der Waals surface area contributed by atoms with E-state index in [4.69, 9.17) is 4.74 Å². The highest BCUT2D eigenvalue weighted by molar-refractivity contribution is 5.94. The number of nitrogens with zero attached hydrogens (tertiary/aromatic N) is 2. The molecule has 2 aromatic heterocycles. The standard InChI is InChI=1S/C24H23N3O2.2H2/c1-27(2)24(28)17-9-7-16(8-10-17)13-23-20-15-22(26-21(20)11-12-25-23)18-5-4-6-19(14-18)29-3;;/h4-12,14-15,26H,13H2,1-3H3;2*1H. The van der Waals surface area contributed by atoms with Gasteiger partial charge in [-0.1, -0.05) is 24.3 Å². The van der Waals surface area contributed by atoms with Crippen LogP contribution in [-0.2, 0) is 6.42 Å². The van der Waals surface area contributed by atoms with E-state index >= 15 is 0 Å². The third-order valence-corrected chi connectivity index (χ3v) is 4.99. The quantitative estimate of drug-likeness (QED) is 0.521. The monoisotopic (exact) mass is 389 g/mol. The Morgan fingerprint density at radius 2 is 1.90 bits per heavy atom. The lowest BCUT2D eigenvalue weighted by molar-refractivity contribution is 0.0827. The summed E-state index contributed by atoms with van der Waals surface area (Å²) >= 11 is 0. The molecule has 5 heteroatoms. The van der Waals surface area contributed by atoms with Crippen molar-refractivity contribution < 1.29 is 12.4 Å². The Bertz CT molecular complexity index is 1170. The zero-order valence-corrected chi connectivity index (χ0v) is 16.8. The highest BCUT2D eigenvalue weighted by atomic mass is 16.5. The van der Waals surface area contributed by atoms with Crippen LogP contribution in [0.15, 0.2) is 66.9 Å². The van der Waals surface area contributed by atoms with E-state index < -0.39 is 0 Å². The predicted molar refractivity (Wildman–Crippen MR) is 120 cm³/mol. The molecule has 4 aromatic rings. The summed E-state index contributed by atoms with van der Waals surface area (Å²) < 4.78 is 5.34. The fraction of sp³-hybridized carbons (Fsp3) is 0.167. The molecule has 1 N–H and O–H groups in total. The number of carbonyl (C=O) groups is 1. The predicted octanol–water partition coefficient (Wildman–Crippen LogP) is 5.02. The zero-order valence-electron chi connectivity index (χ0n) is 16.8. The second kappa shape index (κ2) is 7.80. The minimum Gasteiger partial charge on any atom is -0.497 e. The zero-order chi connectivity index (χ0) is 20.4. The number of hydrogen-bond donors (Lipinski definition) is 1. The van der Waals surface area contributed by atoms with Gasteiger partial charge in [-0.15, -0.1) is 0 Å². The maximum absolute atomic E-state index is 12.1. The number of hydrogen-bond acceptors (Lipinski definition) is 3. The van der Waals surface area contributed by atoms with Gasteiger partial charge in [0.15, 0.2) is 0 Å². The molecular formula is C24H27N3O2. The van der Waals surface area contributed by atoms with E-state index in [9.17, 15) is 4.79 Å². The van der Waals surface area contributed by atoms with E-state index in [-0.39, 0.29) is 8.76 Å². The third kappa shape index (κ3) is 3.85. The normalized spacial score (nSPS) is 10.9. The van der Waals surface area contributed by atoms with Crippen molar-refractivity contribution in [1.82, 2.24) is 14.9 Å². The molecule has 0 bridgehead atoms. The van der Waals surface area contributed by atoms with Gasteiger partial charge in [0.1, 0.15) is 5.75 Å². The highest BCUT2D eigenvalue weighted by Gasteiger charge is 2.11. The Kier molecular flexibility index (Phi) is 5.04. The smallest absolute Gasteiger partial charge is 0.253 e. The molecule has 0 saturated carbocycles. The van der Waals surface area contributed by atoms with Crippen LogP contribution in [0.2, 0.25) is 0 Å². The molecule has 0 spiro atoms. The van der Waals surface area contributed by atoms with Crippen LogP contribution >= 0.6 is 0 Å². The molecule has 29 heavy (non-hydrogen) atoms. The Morgan fingerprint density at radius 1 is 1.10 bits per heavy atom. The van der Waals surface area contributed by atoms with Gasteiger partial charge in [0.2, 0.25) is 0 Å². The summed E-state index contributed by atoms with van der Waals surface area (Å²) in [5.41, 5.74) is 5.95. The van der Waals surface area contributed by atoms with Crippen molar-refractivity contribution in [2.24, 2.45) is 0 Å². The SMILES string of the molecule is COc1cccc(-c2cc3c(Cc4ccc(C(=O)N(C)C)cc4)nccc3[nH]2)c1.[HH].[HH]. The molecule has 2 aromatic carbocycles. The number of pyridine rings is 1. The Hall–Kier alpha value is -3.60. The van der Waals surface area contributed by atoms with E-state index in [0.29, 0.717) is 12.0 Å². The van der Waals surface area contributed by atoms with Crippen molar-refractivity contribution in [3.63, 3.8) is 0 Å². The average molecular weight is 389 g/mol. The number of carbonyl (C=O) groups excluding carboxylic acids is 1. The van der Waals surface area contributed by atoms with Crippen LogP contribution in [0.1, 0.15) is 24.5 Å². The Morgan fingerprint density at radius 3 is 2.62 bits per heavy atom. The number of aromatic nitrogens is 2. The molecule has 0 saturated heterocycles. The number of rotatable bonds is 5. The molecule has 0 unspecified atom stereocenters. The van der Waals surface area contributed by atoms with Gasteiger partial charge in [0.25, 0.3) is 5.91 Å². The van der Waals surface area contributed by atoms with Gasteiger partial charge in [-0.2, -0.15) is 0 Å². The lowest BCUT2D eigenvalue weighted by Crippen LogP contribution is -2.21. The minimum atomic E-state index is 0. The summed E-state index contributed by atoms with van der Waals surface area (Å²) in [6.07, 6.45) is 2.52. The molecule has 5 nitrogen and oxygen atoms in total. The lowest BCUT2D eigenvalue weighted by Gasteiger charge is -2.10. The number of benzene rings is 2. The number of fused-ring (bicyclic) bond motifs is 1. The summed E-state index contributed by atoms with van der Waals surface area (Å²) in [7, 11) is 5.18. The number of methoxy groups -OCH3 is 1. The van der Waals surface area contributed by atoms with Gasteiger partial charge >= 0.3 is 0 Å². The number of H-pyrrole nitrogens is 1. The second-order valence-electron chi connectivity index (χ2n) is 7.21. The summed E-state index contributed by atoms with van der Waals surface area (Å²) in [5, 5.41) is 1.10. The maximum atomic E-state index is 12.1. The summed E-state index contributed by atoms with van der Waals surface area (Å²) in [5.74, 6) is 0.831. The highest BCUT2D eigenvalue weighted by Crippen LogP contribution is 2.28. The lowest BCUT2D eigenvalue weighted by atomic mass is 10.0. The molecule has 2 heterocycles. The average Bonchev–Trinajstić information content (AvgIpc) is 3.19. The molecule has 0 radical (unpaired) electrons. The van der Waals surface area contributed by atoms with Crippen molar-refractivity contribution in [3.05, 3.63) is 83.7 Å². The van der Waals surface area contributed by atoms with Gasteiger partial charge in [-0.25, -0.2) is 0 Å². The summed E-state index contributed by atoms with van der Waals surface area (Å²) in [6.45, 7) is 0. The largest absolute Gasteiger partial charge is 0.497 e. The van der Waals surface area contributed by atoms with Crippen LogP contribution in [0.25, 0.3) is 22.2 Å². The van der Waals surface area contributed by atoms with Crippen LogP contribution in [0.5, 0.6) is 5.75 Å². The number of nitrogens with one attached hydrogen (secondary N) is 1. The second-order valence-corrected chi connectivity index (χ2v) is 7.21. The third-order valence-electron chi connectivity index (χ3n) is 4.99. The minimum absolute atomic E-state index is 0. The molecular weight excluding hydrogens is 362 g/mol. The molecule has 4 rings (SSSR count). The number of aromatic amines is 1. The van der Waals surface area contributed by atoms with Crippen LogP contribution in [0.3, 0.4) is 0 Å². The first-order chi connectivity index (χ1) is 14.0. The van der Waals surface area contributed by atoms with Crippen LogP contribution in [0.4, 0.5) is 0 Å². The maximum Gasteiger partial charge on any atom is 0.253 e. The molecule has 1 amide bonds. The fourth-order valence-corrected chi connectivity index (χ4v) is 3.42. The van der Waals surface area contributed by atoms with Gasteiger partial charge in [0, 0.05) is 57.3 Å². The molecule has 0 atom stereocenters. The summed E-state index contributed by atoms with van der Waals surface area (Å²) in [6, 6.07) is 19.8. The summed E-state index contributed by atoms with van der Waals surface area (Å²) in [4.78, 5) is 21.7. The fourth-order valence-electron chi connectivity index (χ4n) is 3.42. The van der Waals surface area contributed by atoms with E-state index in [1.54, 1.807) is 26.1 Å². The van der Waals surface area contributed by atoms with E-state index in [0.717, 1.165) is 39.2 Å². The molecule has 0 aliphatic carbocycles. The Labute approximate surface area is 172 Å². The molecule has 150 valence electrons. The number of amides is 1. The Balaban J connectivity index is 0.00000171. The van der Waals surface area contributed by atoms with Gasteiger partial charge in [0.05, 0.1) is 12.8 Å². The van der Waals surface area contributed by atoms with Crippen LogP contribution in [-0.4, -0.2) is 42.0 Å². The van der Waals surface area contributed by atoms with Crippen molar-refractivity contribution in [2.45, 2.75) is 6.42 Å². The van der Waals surface area contributed by atoms with Crippen molar-refractivity contribution in [2.75, 3.05) is 21.2 Å². The van der Waals surface area contributed by atoms with Gasteiger partial charge < -0.3 is 14.6 Å². The first kappa shape index (κ1) is 18.7. The van der Waals surface area contributed by atoms with E-state index in [1.807, 2.05) is 54.7 Å². The topological polar surface area (TPSA) is 58.2 Å². The van der Waals surface area contributed by atoms with Crippen LogP contribution < -0.4 is 4.74 Å². The van der Waals surface area contributed by atoms with Crippen molar-refractivity contribution >= 4 is 16.8 Å². The number of ether oxygens (including phenoxy) is 1.